The molecule has 23 aromatic rings. The number of nitrogens with zero attached hydrogens (tertiary/aromatic N) is 7. The fraction of sp³-hybridized carbons (Fsp3) is 0. The molecule has 17 heteroatoms. The fourth-order valence-electron chi connectivity index (χ4n) is 14.9. The van der Waals surface area contributed by atoms with Crippen LogP contribution >= 0.6 is 45.3 Å². The van der Waals surface area contributed by atoms with Crippen LogP contribution in [0, 0.1) is 24.3 Å². The van der Waals surface area contributed by atoms with E-state index < -0.39 is 0 Å². The van der Waals surface area contributed by atoms with Crippen LogP contribution in [0.1, 0.15) is 0 Å². The molecule has 0 atom stereocenters. The van der Waals surface area contributed by atoms with Gasteiger partial charge in [-0.3, -0.25) is 0 Å². The first-order valence-electron chi connectivity index (χ1n) is 36.3. The van der Waals surface area contributed by atoms with Crippen LogP contribution in [0.4, 0.5) is 33.6 Å². The van der Waals surface area contributed by atoms with Crippen LogP contribution in [-0.4, -0.2) is 24.9 Å². The van der Waals surface area contributed by atoms with Crippen LogP contribution in [0.5, 0.6) is 0 Å². The molecule has 11 nitrogen and oxygen atoms in total. The van der Waals surface area contributed by atoms with E-state index in [1.165, 1.54) is 39.0 Å². The van der Waals surface area contributed by atoms with Gasteiger partial charge in [0.25, 0.3) is 0 Å². The topological polar surface area (TPSA) is 123 Å². The molecule has 0 aliphatic rings. The van der Waals surface area contributed by atoms with Crippen molar-refractivity contribution in [2.24, 2.45) is 0 Å². The third-order valence-electron chi connectivity index (χ3n) is 20.2. The average molecular weight is 1900 g/mol. The van der Waals surface area contributed by atoms with Gasteiger partial charge < -0.3 is 47.4 Å². The second-order valence-electron chi connectivity index (χ2n) is 27.1. The molecule has 0 radical (unpaired) electrons. The number of rotatable bonds is 13. The van der Waals surface area contributed by atoms with Gasteiger partial charge in [0.1, 0.15) is 50.5 Å². The smallest absolute Gasteiger partial charge is 0.456 e. The number of benzene rings is 10. The summed E-state index contributed by atoms with van der Waals surface area (Å²) >= 11 is 7.15. The summed E-state index contributed by atoms with van der Waals surface area (Å²) in [6.45, 7) is 0. The van der Waals surface area contributed by atoms with Crippen LogP contribution in [0.25, 0.3) is 183 Å². The number of anilines is 6. The Balaban J connectivity index is 0.000000146. The Labute approximate surface area is 696 Å². The summed E-state index contributed by atoms with van der Waals surface area (Å²) in [4.78, 5) is 31.3. The Bertz CT molecular complexity index is 7330. The van der Waals surface area contributed by atoms with Crippen molar-refractivity contribution in [1.82, 2.24) is 24.9 Å². The van der Waals surface area contributed by atoms with E-state index in [1.807, 2.05) is 176 Å². The number of furan rings is 4. The molecule has 0 spiro atoms. The molecular weight excluding hydrogens is 1850 g/mol. The molecule has 0 bridgehead atoms. The summed E-state index contributed by atoms with van der Waals surface area (Å²) in [6, 6.07) is 114. The van der Waals surface area contributed by atoms with Crippen LogP contribution in [0.3, 0.4) is 0 Å². The quantitative estimate of drug-likeness (QED) is 0.103. The van der Waals surface area contributed by atoms with Gasteiger partial charge in [-0.2, -0.15) is 0 Å². The van der Waals surface area contributed by atoms with Gasteiger partial charge in [0, 0.05) is 125 Å². The van der Waals surface area contributed by atoms with E-state index in [-0.39, 0.29) is 42.1 Å². The van der Waals surface area contributed by atoms with Crippen molar-refractivity contribution < 1.29 is 59.8 Å². The molecule has 13 aromatic heterocycles. The van der Waals surface area contributed by atoms with Crippen molar-refractivity contribution in [3.05, 3.63) is 346 Å². The van der Waals surface area contributed by atoms with Crippen LogP contribution in [-0.2, 0) is 42.1 Å². The van der Waals surface area contributed by atoms with E-state index in [9.17, 15) is 0 Å². The van der Waals surface area contributed by atoms with Gasteiger partial charge in [-0.1, -0.05) is 84.9 Å². The van der Waals surface area contributed by atoms with E-state index in [1.54, 1.807) is 46.4 Å². The van der Waals surface area contributed by atoms with Gasteiger partial charge in [-0.15, -0.1) is 165 Å². The number of fused-ring (bicyclic) bond motifs is 14. The van der Waals surface area contributed by atoms with Gasteiger partial charge in [0.15, 0.2) is 0 Å². The van der Waals surface area contributed by atoms with Gasteiger partial charge in [0.2, 0.25) is 0 Å². The first kappa shape index (κ1) is 70.6. The number of hydrogen-bond acceptors (Lipinski definition) is 15. The van der Waals surface area contributed by atoms with Crippen molar-refractivity contribution in [2.45, 2.75) is 0 Å². The molecule has 114 heavy (non-hydrogen) atoms. The molecule has 0 aliphatic heterocycles. The predicted molar refractivity (Wildman–Crippen MR) is 460 cm³/mol. The third kappa shape index (κ3) is 12.9. The minimum absolute atomic E-state index is 0. The van der Waals surface area contributed by atoms with E-state index in [2.05, 4.69) is 200 Å². The zero-order chi connectivity index (χ0) is 73.7. The van der Waals surface area contributed by atoms with E-state index in [0.29, 0.717) is 0 Å². The standard InChI is InChI=1S/C51H28N4O2S2.C46H25N3O2S2.2Pt/c1-2-16-43-37(13-1)39-26-40-38-25-33(17-19-44(38)57-46(40)27-45(39)56-43)47-28-49-50(58-47)29-48(59-49)34-18-20-51(54-30-34)55(35-11-7-9-31(23-35)41-14-3-5-21-52-41)36-12-8-10-32(24-36)42-15-4-6-22-53-42;1-2-16-39-33(13-1)35-24-36-34-23-30(17-18-40(34)51-42(36)25-41(35)50-39)43-26-44-45(52-43)27-46(53-44)49(31-11-7-9-28(21-31)37-14-3-5-19-47-37)32-12-8-10-29(22-32)38-15-4-6-20-48-38;;/h1-22,25-30H;1-20,23-27H;;/q2*-2;2*+2. The summed E-state index contributed by atoms with van der Waals surface area (Å²) in [5, 5.41) is 9.88. The first-order valence-corrected chi connectivity index (χ1v) is 39.6. The summed E-state index contributed by atoms with van der Waals surface area (Å²) in [6.07, 6.45) is 9.19. The molecular formula is C97H53N7O4Pt2S4. The predicted octanol–water partition coefficient (Wildman–Crippen LogP) is 28.3. The number of pyridine rings is 5. The second kappa shape index (κ2) is 29.5. The Morgan fingerprint density at radius 3 is 0.974 bits per heavy atom. The van der Waals surface area contributed by atoms with Gasteiger partial charge in [-0.25, -0.2) is 4.98 Å². The maximum absolute atomic E-state index is 6.32. The monoisotopic (exact) mass is 1900 g/mol. The minimum Gasteiger partial charge on any atom is -0.456 e. The largest absolute Gasteiger partial charge is 2.00 e. The van der Waals surface area contributed by atoms with Gasteiger partial charge >= 0.3 is 42.1 Å². The Morgan fingerprint density at radius 2 is 0.588 bits per heavy atom. The maximum atomic E-state index is 6.32. The molecule has 13 heterocycles. The van der Waals surface area contributed by atoms with Crippen molar-refractivity contribution in [1.29, 1.82) is 0 Å². The Hall–Kier alpha value is -12.6. The first-order chi connectivity index (χ1) is 55.4. The van der Waals surface area contributed by atoms with Crippen LogP contribution in [0.15, 0.2) is 340 Å². The summed E-state index contributed by atoms with van der Waals surface area (Å²) < 4.78 is 29.8. The van der Waals surface area contributed by atoms with Crippen molar-refractivity contribution in [3.63, 3.8) is 0 Å². The molecule has 0 saturated carbocycles. The molecule has 0 amide bonds. The maximum Gasteiger partial charge on any atom is 2.00 e. The van der Waals surface area contributed by atoms with E-state index in [4.69, 9.17) is 22.7 Å². The van der Waals surface area contributed by atoms with Crippen molar-refractivity contribution in [3.8, 4) is 76.4 Å². The normalized spacial score (nSPS) is 11.5. The molecule has 0 N–H and O–H groups in total. The number of aromatic nitrogens is 5. The van der Waals surface area contributed by atoms with E-state index in [0.717, 1.165) is 177 Å². The van der Waals surface area contributed by atoms with E-state index >= 15 is 0 Å². The Kier molecular flexibility index (Phi) is 18.3. The van der Waals surface area contributed by atoms with Crippen LogP contribution < -0.4 is 9.80 Å². The molecule has 544 valence electrons. The SMILES string of the molecule is [Pt+2].[Pt+2].[c-]1c(-c2ccccn2)cccc1N(c1[c-]c(-c2ccccn2)ccc1)c1cc2sc(-c3ccc4oc5cc6oc7ccccc7c6cc5c4c3)cc2s1.[c-]1c(-c2ccccn2)cccc1N(c1[c-]c(-c2ccccn2)ccc1)c1ccc(-c2cc3sc(-c4ccc5oc6cc7oc8ccccc8c7cc6c5c4)cc3s2)cn1. The summed E-state index contributed by atoms with van der Waals surface area (Å²) in [7, 11) is 0. The minimum atomic E-state index is 0. The van der Waals surface area contributed by atoms with Gasteiger partial charge in [-0.05, 0) is 178 Å². The second-order valence-corrected chi connectivity index (χ2v) is 31.4. The van der Waals surface area contributed by atoms with Crippen molar-refractivity contribution >= 4 is 185 Å². The number of thiophene rings is 4. The van der Waals surface area contributed by atoms with Crippen molar-refractivity contribution in [2.75, 3.05) is 9.80 Å². The zero-order valence-corrected chi connectivity index (χ0v) is 67.4. The third-order valence-corrected chi connectivity index (χ3v) is 25.0. The van der Waals surface area contributed by atoms with Crippen LogP contribution in [0.2, 0.25) is 0 Å². The molecule has 10 aromatic carbocycles. The zero-order valence-electron chi connectivity index (χ0n) is 59.6. The average Bonchev–Trinajstić information content (AvgIpc) is 1.57. The fourth-order valence-corrected chi connectivity index (χ4v) is 19.7. The molecule has 23 rings (SSSR count). The molecule has 0 aliphatic carbocycles. The molecule has 0 fully saturated rings. The summed E-state index contributed by atoms with van der Waals surface area (Å²) in [5.74, 6) is 0.752. The number of para-hydroxylation sites is 2. The molecule has 0 saturated heterocycles. The van der Waals surface area contributed by atoms with Gasteiger partial charge in [0.05, 0.1) is 5.00 Å². The number of hydrogen-bond donors (Lipinski definition) is 0. The Morgan fingerprint density at radius 1 is 0.246 bits per heavy atom. The summed E-state index contributed by atoms with van der Waals surface area (Å²) in [5.41, 5.74) is 20.8. The molecule has 0 unspecified atom stereocenters.